The Bertz CT molecular complexity index is 1490. The average Bonchev–Trinajstić information content (AvgIpc) is 3.20. The van der Waals surface area contributed by atoms with Crippen LogP contribution < -0.4 is 5.32 Å². The Morgan fingerprint density at radius 1 is 1.24 bits per heavy atom. The van der Waals surface area contributed by atoms with Crippen LogP contribution in [-0.4, -0.2) is 68.8 Å². The number of nitrogens with zero attached hydrogens (tertiary/aromatic N) is 7. The van der Waals surface area contributed by atoms with Crippen LogP contribution in [0.2, 0.25) is 0 Å². The highest BCUT2D eigenvalue weighted by Crippen LogP contribution is 2.36. The van der Waals surface area contributed by atoms with Crippen LogP contribution in [0.15, 0.2) is 24.7 Å². The molecule has 0 amide bonds. The molecule has 10 nitrogen and oxygen atoms in total. The minimum absolute atomic E-state index is 0.0101. The zero-order valence-corrected chi connectivity index (χ0v) is 20.1. The highest BCUT2D eigenvalue weighted by atomic mass is 32.2. The van der Waals surface area contributed by atoms with Crippen molar-refractivity contribution in [1.82, 2.24) is 28.8 Å². The van der Waals surface area contributed by atoms with Gasteiger partial charge in [-0.15, -0.1) is 0 Å². The van der Waals surface area contributed by atoms with Crippen molar-refractivity contribution in [3.8, 4) is 23.1 Å². The normalized spacial score (nSPS) is 19.0. The van der Waals surface area contributed by atoms with Gasteiger partial charge >= 0.3 is 6.18 Å². The molecule has 3 aromatic rings. The number of alkyl halides is 4. The number of aryl methyl sites for hydroxylation is 1. The van der Waals surface area contributed by atoms with E-state index in [1.165, 1.54) is 19.2 Å². The zero-order valence-electron chi connectivity index (χ0n) is 19.3. The van der Waals surface area contributed by atoms with Crippen LogP contribution in [0.5, 0.6) is 0 Å². The molecule has 16 heteroatoms. The van der Waals surface area contributed by atoms with Crippen molar-refractivity contribution < 1.29 is 30.4 Å². The second-order valence-electron chi connectivity index (χ2n) is 8.28. The van der Waals surface area contributed by atoms with E-state index in [1.807, 2.05) is 0 Å². The van der Waals surface area contributed by atoms with Gasteiger partial charge in [-0.05, 0) is 19.4 Å². The summed E-state index contributed by atoms with van der Waals surface area (Å²) in [5.74, 6) is -1.20. The van der Waals surface area contributed by atoms with Crippen LogP contribution in [0.1, 0.15) is 23.5 Å². The van der Waals surface area contributed by atoms with Crippen molar-refractivity contribution in [2.45, 2.75) is 31.7 Å². The lowest BCUT2D eigenvalue weighted by molar-refractivity contribution is -0.137. The van der Waals surface area contributed by atoms with Gasteiger partial charge in [-0.2, -0.15) is 22.7 Å². The number of halogens is 5. The highest BCUT2D eigenvalue weighted by Gasteiger charge is 2.37. The largest absolute Gasteiger partial charge is 0.420 e. The number of nitriles is 1. The number of pyridine rings is 1. The summed E-state index contributed by atoms with van der Waals surface area (Å²) in [6, 6.07) is 1.87. The molecule has 1 N–H and O–H groups in total. The summed E-state index contributed by atoms with van der Waals surface area (Å²) < 4.78 is 96.1. The molecule has 0 bridgehead atoms. The smallest absolute Gasteiger partial charge is 0.348 e. The van der Waals surface area contributed by atoms with Crippen molar-refractivity contribution in [1.29, 1.82) is 5.26 Å². The second-order valence-corrected chi connectivity index (χ2v) is 10.3. The van der Waals surface area contributed by atoms with Crippen LogP contribution in [0.25, 0.3) is 17.1 Å². The molecule has 0 radical (unpaired) electrons. The Kier molecular flexibility index (Phi) is 6.86. The fourth-order valence-electron chi connectivity index (χ4n) is 3.89. The third kappa shape index (κ3) is 5.37. The van der Waals surface area contributed by atoms with Gasteiger partial charge in [0.1, 0.15) is 35.0 Å². The number of nitrogens with one attached hydrogen (secondary N) is 1. The minimum atomic E-state index is -4.87. The van der Waals surface area contributed by atoms with Gasteiger partial charge in [0, 0.05) is 31.7 Å². The van der Waals surface area contributed by atoms with Gasteiger partial charge in [-0.3, -0.25) is 0 Å². The Balaban J connectivity index is 1.70. The number of rotatable bonds is 5. The van der Waals surface area contributed by atoms with Gasteiger partial charge in [0.05, 0.1) is 18.0 Å². The molecule has 3 aromatic heterocycles. The molecular formula is C21H19F5N8O2S. The minimum Gasteiger partial charge on any atom is -0.348 e. The summed E-state index contributed by atoms with van der Waals surface area (Å²) in [4.78, 5) is 15.3. The monoisotopic (exact) mass is 542 g/mol. The molecule has 4 heterocycles. The van der Waals surface area contributed by atoms with E-state index in [0.29, 0.717) is 6.20 Å². The van der Waals surface area contributed by atoms with E-state index in [1.54, 1.807) is 6.07 Å². The summed E-state index contributed by atoms with van der Waals surface area (Å²) in [7, 11) is -3.60. The number of aromatic nitrogens is 5. The van der Waals surface area contributed by atoms with Crippen molar-refractivity contribution >= 4 is 16.0 Å². The van der Waals surface area contributed by atoms with E-state index in [4.69, 9.17) is 5.26 Å². The fraction of sp³-hybridized carbons (Fsp3) is 0.381. The Labute approximate surface area is 207 Å². The predicted octanol–water partition coefficient (Wildman–Crippen LogP) is 2.85. The molecule has 1 aliphatic heterocycles. The molecule has 196 valence electrons. The number of imidazole rings is 1. The van der Waals surface area contributed by atoms with E-state index in [9.17, 15) is 30.4 Å². The molecule has 1 fully saturated rings. The summed E-state index contributed by atoms with van der Waals surface area (Å²) in [6.45, 7) is 1.01. The lowest BCUT2D eigenvalue weighted by atomic mass is 10.1. The SMILES string of the molecule is Cc1nc(-c2nc(N[C@H]3CCN(S(C)(=O)=O)C[C@H]3F)ncc2C(F)(F)F)cn1-c1ccnc(C#N)c1F. The fourth-order valence-corrected chi connectivity index (χ4v) is 4.74. The molecule has 37 heavy (non-hydrogen) atoms. The van der Waals surface area contributed by atoms with Gasteiger partial charge in [-0.1, -0.05) is 0 Å². The van der Waals surface area contributed by atoms with E-state index < -0.39 is 57.7 Å². The first-order valence-electron chi connectivity index (χ1n) is 10.7. The number of hydrogen-bond acceptors (Lipinski definition) is 8. The van der Waals surface area contributed by atoms with Crippen LogP contribution >= 0.6 is 0 Å². The first-order chi connectivity index (χ1) is 17.3. The Morgan fingerprint density at radius 3 is 2.59 bits per heavy atom. The van der Waals surface area contributed by atoms with Crippen molar-refractivity contribution in [2.24, 2.45) is 0 Å². The zero-order chi connectivity index (χ0) is 27.1. The first kappa shape index (κ1) is 26.4. The molecule has 0 unspecified atom stereocenters. The van der Waals surface area contributed by atoms with E-state index in [2.05, 4.69) is 25.3 Å². The molecule has 2 atom stereocenters. The maximum Gasteiger partial charge on any atom is 0.420 e. The summed E-state index contributed by atoms with van der Waals surface area (Å²) >= 11 is 0. The quantitative estimate of drug-likeness (QED) is 0.488. The van der Waals surface area contributed by atoms with Gasteiger partial charge < -0.3 is 9.88 Å². The maximum absolute atomic E-state index is 14.7. The van der Waals surface area contributed by atoms with E-state index >= 15 is 0 Å². The third-order valence-corrected chi connectivity index (χ3v) is 7.01. The van der Waals surface area contributed by atoms with Crippen molar-refractivity contribution in [2.75, 3.05) is 24.7 Å². The lowest BCUT2D eigenvalue weighted by Crippen LogP contribution is -2.49. The predicted molar refractivity (Wildman–Crippen MR) is 120 cm³/mol. The molecule has 0 spiro atoms. The molecule has 0 aliphatic carbocycles. The molecule has 1 aliphatic rings. The lowest BCUT2D eigenvalue weighted by Gasteiger charge is -2.33. The maximum atomic E-state index is 14.7. The number of anilines is 1. The highest BCUT2D eigenvalue weighted by molar-refractivity contribution is 7.88. The second kappa shape index (κ2) is 9.63. The Hall–Kier alpha value is -3.71. The van der Waals surface area contributed by atoms with Crippen LogP contribution in [-0.2, 0) is 16.2 Å². The first-order valence-corrected chi connectivity index (χ1v) is 12.6. The van der Waals surface area contributed by atoms with Gasteiger partial charge in [-0.25, -0.2) is 37.1 Å². The van der Waals surface area contributed by atoms with Crippen molar-refractivity contribution in [3.05, 3.63) is 47.6 Å². The topological polar surface area (TPSA) is 130 Å². The summed E-state index contributed by atoms with van der Waals surface area (Å²) in [5, 5.41) is 11.7. The molecule has 0 saturated carbocycles. The average molecular weight is 542 g/mol. The van der Waals surface area contributed by atoms with E-state index in [-0.39, 0.29) is 36.1 Å². The molecule has 4 rings (SSSR count). The van der Waals surface area contributed by atoms with Crippen LogP contribution in [0, 0.1) is 24.1 Å². The third-order valence-electron chi connectivity index (χ3n) is 5.74. The number of piperidine rings is 1. The molecular weight excluding hydrogens is 523 g/mol. The Morgan fingerprint density at radius 2 is 1.97 bits per heavy atom. The van der Waals surface area contributed by atoms with Gasteiger partial charge in [0.25, 0.3) is 0 Å². The van der Waals surface area contributed by atoms with Gasteiger partial charge in [0.2, 0.25) is 16.0 Å². The number of hydrogen-bond donors (Lipinski definition) is 1. The molecule has 1 saturated heterocycles. The summed E-state index contributed by atoms with van der Waals surface area (Å²) in [6.07, 6.45) is -2.72. The van der Waals surface area contributed by atoms with E-state index in [0.717, 1.165) is 21.3 Å². The van der Waals surface area contributed by atoms with Crippen molar-refractivity contribution in [3.63, 3.8) is 0 Å². The van der Waals surface area contributed by atoms with Gasteiger partial charge in [0.15, 0.2) is 11.5 Å². The van der Waals surface area contributed by atoms with Crippen LogP contribution in [0.4, 0.5) is 27.9 Å². The van der Waals surface area contributed by atoms with Crippen LogP contribution in [0.3, 0.4) is 0 Å². The summed E-state index contributed by atoms with van der Waals surface area (Å²) in [5.41, 5.74) is -2.78. The number of sulfonamides is 1. The molecule has 0 aromatic carbocycles. The standard InChI is InChI=1S/C21H19F5N8O2S/c1-11-30-16(10-34(11)17-3-5-28-15(7-27)18(17)23)19-12(21(24,25)26)8-29-20(32-19)31-14-4-6-33(9-13(14)22)37(2,35)36/h3,5,8,10,13-14H,4,6,9H2,1-2H3,(H,29,31,32)/t13-,14+/m1/s1.